The highest BCUT2D eigenvalue weighted by molar-refractivity contribution is 7.09. The smallest absolute Gasteiger partial charge is 0.343 e. The molecular formula is C22H24ClNO4S. The molecule has 29 heavy (non-hydrogen) atoms. The fraction of sp³-hybridized carbons (Fsp3) is 0.273. The molecule has 0 saturated carbocycles. The van der Waals surface area contributed by atoms with Crippen molar-refractivity contribution >= 4 is 28.9 Å². The van der Waals surface area contributed by atoms with E-state index in [9.17, 15) is 4.79 Å². The van der Waals surface area contributed by atoms with Crippen molar-refractivity contribution in [3.8, 4) is 22.8 Å². The molecule has 0 aliphatic heterocycles. The highest BCUT2D eigenvalue weighted by Gasteiger charge is 2.09. The minimum Gasteiger partial charge on any atom is -0.486 e. The van der Waals surface area contributed by atoms with Gasteiger partial charge in [-0.05, 0) is 36.8 Å². The van der Waals surface area contributed by atoms with Crippen molar-refractivity contribution in [1.82, 2.24) is 4.98 Å². The van der Waals surface area contributed by atoms with Crippen molar-refractivity contribution in [2.75, 3.05) is 13.7 Å². The minimum absolute atomic E-state index is 0.124. The molecule has 5 nitrogen and oxygen atoms in total. The number of hydrogen-bond acceptors (Lipinski definition) is 6. The average Bonchev–Trinajstić information content (AvgIpc) is 3.22. The highest BCUT2D eigenvalue weighted by Crippen LogP contribution is 2.29. The maximum atomic E-state index is 11.2. The standard InChI is InChI=1S/C20H18ClNO4S.C2H6/c1-13-9-14(7-8-18(13)26-11-20(23)24-2)25-10-19-22-17(12-27-19)15-5-3-4-6-16(15)21;1-2/h3-9,12H,10-11H2,1-2H3;1-2H3. The molecule has 0 atom stereocenters. The lowest BCUT2D eigenvalue weighted by Gasteiger charge is -2.10. The number of carbonyl (C=O) groups excluding carboxylic acids is 1. The number of thiazole rings is 1. The number of hydrogen-bond donors (Lipinski definition) is 0. The summed E-state index contributed by atoms with van der Waals surface area (Å²) in [6.07, 6.45) is 0. The quantitative estimate of drug-likeness (QED) is 0.432. The Bertz CT molecular complexity index is 942. The van der Waals surface area contributed by atoms with Gasteiger partial charge in [0.2, 0.25) is 0 Å². The molecule has 2 aromatic carbocycles. The molecule has 1 heterocycles. The number of aryl methyl sites for hydroxylation is 1. The summed E-state index contributed by atoms with van der Waals surface area (Å²) in [7, 11) is 1.32. The molecule has 0 fully saturated rings. The third kappa shape index (κ3) is 6.48. The van der Waals surface area contributed by atoms with Crippen LogP contribution in [0.5, 0.6) is 11.5 Å². The van der Waals surface area contributed by atoms with E-state index in [0.29, 0.717) is 23.1 Å². The van der Waals surface area contributed by atoms with Crippen LogP contribution in [0.4, 0.5) is 0 Å². The number of esters is 1. The van der Waals surface area contributed by atoms with Crippen molar-refractivity contribution in [3.63, 3.8) is 0 Å². The van der Waals surface area contributed by atoms with Crippen LogP contribution in [0.3, 0.4) is 0 Å². The second-order valence-corrected chi connectivity index (χ2v) is 7.04. The number of methoxy groups -OCH3 is 1. The van der Waals surface area contributed by atoms with Crippen LogP contribution < -0.4 is 9.47 Å². The van der Waals surface area contributed by atoms with E-state index in [4.69, 9.17) is 21.1 Å². The second kappa shape index (κ2) is 11.4. The summed E-state index contributed by atoms with van der Waals surface area (Å²) in [5.41, 5.74) is 2.61. The maximum Gasteiger partial charge on any atom is 0.343 e. The van der Waals surface area contributed by atoms with Crippen LogP contribution >= 0.6 is 22.9 Å². The molecule has 3 aromatic rings. The van der Waals surface area contributed by atoms with E-state index in [1.165, 1.54) is 18.4 Å². The van der Waals surface area contributed by atoms with Gasteiger partial charge in [0.15, 0.2) is 6.61 Å². The van der Waals surface area contributed by atoms with Gasteiger partial charge in [-0.3, -0.25) is 0 Å². The zero-order valence-corrected chi connectivity index (χ0v) is 18.5. The molecule has 0 saturated heterocycles. The Kier molecular flexibility index (Phi) is 8.96. The average molecular weight is 434 g/mol. The van der Waals surface area contributed by atoms with E-state index in [0.717, 1.165) is 21.8 Å². The lowest BCUT2D eigenvalue weighted by atomic mass is 10.2. The predicted molar refractivity (Wildman–Crippen MR) is 117 cm³/mol. The van der Waals surface area contributed by atoms with Crippen molar-refractivity contribution in [2.24, 2.45) is 0 Å². The number of aromatic nitrogens is 1. The third-order valence-corrected chi connectivity index (χ3v) is 4.94. The Morgan fingerprint density at radius 2 is 1.90 bits per heavy atom. The van der Waals surface area contributed by atoms with Gasteiger partial charge >= 0.3 is 5.97 Å². The summed E-state index contributed by atoms with van der Waals surface area (Å²) in [6, 6.07) is 13.0. The Morgan fingerprint density at radius 1 is 1.14 bits per heavy atom. The molecule has 1 aromatic heterocycles. The molecule has 3 rings (SSSR count). The lowest BCUT2D eigenvalue weighted by Crippen LogP contribution is -2.13. The van der Waals surface area contributed by atoms with Crippen LogP contribution in [0.1, 0.15) is 24.4 Å². The van der Waals surface area contributed by atoms with Gasteiger partial charge in [0.1, 0.15) is 23.1 Å². The van der Waals surface area contributed by atoms with E-state index < -0.39 is 5.97 Å². The molecule has 0 aliphatic rings. The van der Waals surface area contributed by atoms with Crippen molar-refractivity contribution < 1.29 is 19.0 Å². The number of nitrogens with zero attached hydrogens (tertiary/aromatic N) is 1. The van der Waals surface area contributed by atoms with Crippen molar-refractivity contribution in [2.45, 2.75) is 27.4 Å². The Hall–Kier alpha value is -2.57. The van der Waals surface area contributed by atoms with Gasteiger partial charge in [-0.2, -0.15) is 0 Å². The monoisotopic (exact) mass is 433 g/mol. The summed E-state index contributed by atoms with van der Waals surface area (Å²) in [6.45, 7) is 6.12. The Labute approximate surface area is 180 Å². The van der Waals surface area contributed by atoms with E-state index >= 15 is 0 Å². The fourth-order valence-electron chi connectivity index (χ4n) is 2.38. The molecule has 0 N–H and O–H groups in total. The van der Waals surface area contributed by atoms with E-state index in [1.54, 1.807) is 12.1 Å². The number of carbonyl (C=O) groups is 1. The fourth-order valence-corrected chi connectivity index (χ4v) is 3.32. The summed E-state index contributed by atoms with van der Waals surface area (Å²) in [5.74, 6) is 0.892. The van der Waals surface area contributed by atoms with Crippen LogP contribution in [0.15, 0.2) is 47.8 Å². The first-order valence-corrected chi connectivity index (χ1v) is 10.4. The molecule has 0 bridgehead atoms. The normalized spacial score (nSPS) is 9.97. The first-order chi connectivity index (χ1) is 14.1. The first kappa shape index (κ1) is 22.7. The van der Waals surface area contributed by atoms with Crippen LogP contribution in [-0.2, 0) is 16.1 Å². The molecule has 0 radical (unpaired) electrons. The Balaban J connectivity index is 0.00000145. The molecule has 0 spiro atoms. The van der Waals surface area contributed by atoms with Gasteiger partial charge in [0.25, 0.3) is 0 Å². The van der Waals surface area contributed by atoms with E-state index in [-0.39, 0.29) is 6.61 Å². The van der Waals surface area contributed by atoms with Gasteiger partial charge in [-0.15, -0.1) is 11.3 Å². The van der Waals surface area contributed by atoms with Gasteiger partial charge in [-0.1, -0.05) is 43.6 Å². The van der Waals surface area contributed by atoms with Gasteiger partial charge in [0, 0.05) is 16.0 Å². The zero-order chi connectivity index (χ0) is 21.2. The largest absolute Gasteiger partial charge is 0.486 e. The SMILES string of the molecule is CC.COC(=O)COc1ccc(OCc2nc(-c3ccccc3Cl)cs2)cc1C. The number of benzene rings is 2. The topological polar surface area (TPSA) is 57.7 Å². The lowest BCUT2D eigenvalue weighted by molar-refractivity contribution is -0.142. The molecule has 0 unspecified atom stereocenters. The van der Waals surface area contributed by atoms with Gasteiger partial charge in [0.05, 0.1) is 12.8 Å². The zero-order valence-electron chi connectivity index (χ0n) is 16.9. The van der Waals surface area contributed by atoms with Crippen LogP contribution in [0, 0.1) is 6.92 Å². The molecule has 154 valence electrons. The van der Waals surface area contributed by atoms with Crippen LogP contribution in [-0.4, -0.2) is 24.7 Å². The third-order valence-electron chi connectivity index (χ3n) is 3.78. The van der Waals surface area contributed by atoms with Crippen LogP contribution in [0.25, 0.3) is 11.3 Å². The van der Waals surface area contributed by atoms with Crippen LogP contribution in [0.2, 0.25) is 5.02 Å². The molecule has 0 aliphatic carbocycles. The molecule has 7 heteroatoms. The van der Waals surface area contributed by atoms with Crippen molar-refractivity contribution in [3.05, 3.63) is 63.4 Å². The highest BCUT2D eigenvalue weighted by atomic mass is 35.5. The van der Waals surface area contributed by atoms with E-state index in [1.807, 2.05) is 56.5 Å². The summed E-state index contributed by atoms with van der Waals surface area (Å²) >= 11 is 7.74. The first-order valence-electron chi connectivity index (χ1n) is 9.19. The molecular weight excluding hydrogens is 410 g/mol. The number of halogens is 1. The summed E-state index contributed by atoms with van der Waals surface area (Å²) in [4.78, 5) is 15.7. The molecule has 0 amide bonds. The number of rotatable bonds is 7. The number of ether oxygens (including phenoxy) is 3. The minimum atomic E-state index is -0.423. The van der Waals surface area contributed by atoms with Gasteiger partial charge in [-0.25, -0.2) is 9.78 Å². The van der Waals surface area contributed by atoms with Gasteiger partial charge < -0.3 is 14.2 Å². The Morgan fingerprint density at radius 3 is 2.59 bits per heavy atom. The van der Waals surface area contributed by atoms with E-state index in [2.05, 4.69) is 9.72 Å². The second-order valence-electron chi connectivity index (χ2n) is 5.69. The predicted octanol–water partition coefficient (Wildman–Crippen LogP) is 5.93. The summed E-state index contributed by atoms with van der Waals surface area (Å²) < 4.78 is 15.8. The summed E-state index contributed by atoms with van der Waals surface area (Å²) in [5, 5.41) is 3.50. The maximum absolute atomic E-state index is 11.2. The van der Waals surface area contributed by atoms with Crippen molar-refractivity contribution in [1.29, 1.82) is 0 Å².